The highest BCUT2D eigenvalue weighted by atomic mass is 16.5. The average molecular weight is 509 g/mol. The fourth-order valence-corrected chi connectivity index (χ4v) is 8.90. The van der Waals surface area contributed by atoms with Gasteiger partial charge < -0.3 is 29.9 Å². The molecule has 0 spiro atoms. The third-order valence-electron chi connectivity index (χ3n) is 11.1. The molecular formula is C29H48O7. The number of aliphatic hydroxyl groups excluding tert-OH is 1. The molecule has 4 N–H and O–H groups in total. The van der Waals surface area contributed by atoms with Gasteiger partial charge in [-0.1, -0.05) is 13.8 Å². The first kappa shape index (κ1) is 28.2. The van der Waals surface area contributed by atoms with Gasteiger partial charge in [0.25, 0.3) is 0 Å². The van der Waals surface area contributed by atoms with Crippen molar-refractivity contribution in [3.8, 4) is 0 Å². The maximum Gasteiger partial charge on any atom is 0.159 e. The van der Waals surface area contributed by atoms with E-state index in [2.05, 4.69) is 13.8 Å². The van der Waals surface area contributed by atoms with Gasteiger partial charge in [-0.2, -0.15) is 0 Å². The third-order valence-corrected chi connectivity index (χ3v) is 11.1. The van der Waals surface area contributed by atoms with Crippen LogP contribution in [0.3, 0.4) is 0 Å². The number of allylic oxidation sites excluding steroid dienone is 1. The molecule has 7 heteroatoms. The van der Waals surface area contributed by atoms with Crippen LogP contribution in [-0.2, 0) is 14.3 Å². The van der Waals surface area contributed by atoms with Crippen LogP contribution in [0.1, 0.15) is 86.0 Å². The topological polar surface area (TPSA) is 116 Å². The Morgan fingerprint density at radius 2 is 1.78 bits per heavy atom. The van der Waals surface area contributed by atoms with E-state index in [-0.39, 0.29) is 29.6 Å². The Labute approximate surface area is 216 Å². The number of methoxy groups -OCH3 is 2. The highest BCUT2D eigenvalue weighted by Crippen LogP contribution is 2.68. The maximum atomic E-state index is 13.5. The molecule has 10 atom stereocenters. The molecule has 0 radical (unpaired) electrons. The molecule has 206 valence electrons. The first-order valence-electron chi connectivity index (χ1n) is 13.7. The first-order chi connectivity index (χ1) is 16.5. The monoisotopic (exact) mass is 508 g/mol. The van der Waals surface area contributed by atoms with Crippen molar-refractivity contribution in [2.45, 2.75) is 121 Å². The summed E-state index contributed by atoms with van der Waals surface area (Å²) in [7, 11) is 3.17. The molecular weight excluding hydrogens is 460 g/mol. The van der Waals surface area contributed by atoms with Gasteiger partial charge in [-0.25, -0.2) is 0 Å². The summed E-state index contributed by atoms with van der Waals surface area (Å²) >= 11 is 0. The molecule has 0 aromatic heterocycles. The number of rotatable bonds is 7. The second-order valence-electron chi connectivity index (χ2n) is 13.6. The summed E-state index contributed by atoms with van der Waals surface area (Å²) in [5, 5.41) is 45.4. The molecule has 0 aromatic carbocycles. The number of ketones is 1. The van der Waals surface area contributed by atoms with Crippen molar-refractivity contribution in [3.63, 3.8) is 0 Å². The van der Waals surface area contributed by atoms with Gasteiger partial charge >= 0.3 is 0 Å². The van der Waals surface area contributed by atoms with Gasteiger partial charge in [0.2, 0.25) is 0 Å². The van der Waals surface area contributed by atoms with Gasteiger partial charge in [-0.05, 0) is 101 Å². The Kier molecular flexibility index (Phi) is 7.15. The number of aliphatic hydroxyl groups is 4. The molecule has 36 heavy (non-hydrogen) atoms. The normalized spacial score (nSPS) is 45.2. The van der Waals surface area contributed by atoms with E-state index in [0.717, 1.165) is 12.0 Å². The van der Waals surface area contributed by atoms with E-state index < -0.39 is 39.8 Å². The molecule has 3 saturated carbocycles. The quantitative estimate of drug-likeness (QED) is 0.417. The molecule has 0 bridgehead atoms. The van der Waals surface area contributed by atoms with Crippen LogP contribution in [0.5, 0.6) is 0 Å². The average Bonchev–Trinajstić information content (AvgIpc) is 3.05. The van der Waals surface area contributed by atoms with Crippen LogP contribution in [0.2, 0.25) is 0 Å². The van der Waals surface area contributed by atoms with Crippen LogP contribution in [0.4, 0.5) is 0 Å². The fourth-order valence-electron chi connectivity index (χ4n) is 8.90. The lowest BCUT2D eigenvalue weighted by Crippen LogP contribution is -2.63. The predicted molar refractivity (Wildman–Crippen MR) is 136 cm³/mol. The Morgan fingerprint density at radius 3 is 2.36 bits per heavy atom. The van der Waals surface area contributed by atoms with E-state index in [1.165, 1.54) is 0 Å². The van der Waals surface area contributed by atoms with E-state index in [1.807, 2.05) is 0 Å². The van der Waals surface area contributed by atoms with Crippen molar-refractivity contribution in [1.82, 2.24) is 0 Å². The van der Waals surface area contributed by atoms with Crippen molar-refractivity contribution >= 4 is 5.78 Å². The Bertz CT molecular complexity index is 891. The molecule has 0 amide bonds. The van der Waals surface area contributed by atoms with Crippen LogP contribution in [0.25, 0.3) is 0 Å². The van der Waals surface area contributed by atoms with Crippen molar-refractivity contribution in [2.75, 3.05) is 14.2 Å². The summed E-state index contributed by atoms with van der Waals surface area (Å²) < 4.78 is 11.3. The van der Waals surface area contributed by atoms with Crippen molar-refractivity contribution in [2.24, 2.45) is 28.6 Å². The molecule has 4 rings (SSSR count). The van der Waals surface area contributed by atoms with Crippen LogP contribution < -0.4 is 0 Å². The lowest BCUT2D eigenvalue weighted by Gasteiger charge is -2.61. The first-order valence-corrected chi connectivity index (χ1v) is 13.7. The third kappa shape index (κ3) is 4.13. The summed E-state index contributed by atoms with van der Waals surface area (Å²) in [5.74, 6) is -0.444. The van der Waals surface area contributed by atoms with E-state index >= 15 is 0 Å². The molecule has 2 unspecified atom stereocenters. The number of hydrogen-bond acceptors (Lipinski definition) is 7. The lowest BCUT2D eigenvalue weighted by atomic mass is 9.45. The standard InChI is InChI=1S/C29H48O7/c1-25(2,32)11-10-24(36-7)28(5,33)23-9-13-29(34)18-14-20(30)19-15-22(35-6)21(31)16-26(19,3)17(18)8-12-27(23,29)4/h14,17,19,21-24,31-34H,8-13,15-16H2,1-7H3/t17?,19-,21-,22+,23?,24+,26+,27+,28-,29+/m0/s1. The lowest BCUT2D eigenvalue weighted by molar-refractivity contribution is -0.182. The fraction of sp³-hybridized carbons (Fsp3) is 0.897. The largest absolute Gasteiger partial charge is 0.390 e. The van der Waals surface area contributed by atoms with Gasteiger partial charge in [0.15, 0.2) is 5.78 Å². The second-order valence-corrected chi connectivity index (χ2v) is 13.6. The van der Waals surface area contributed by atoms with Gasteiger partial charge in [0.1, 0.15) is 0 Å². The van der Waals surface area contributed by atoms with Gasteiger partial charge in [-0.15, -0.1) is 0 Å². The van der Waals surface area contributed by atoms with Gasteiger partial charge in [0.05, 0.1) is 35.1 Å². The SMILES string of the molecule is CO[C@@H]1C[C@H]2C(=O)C=C3C(CC[C@]4(C)C([C@](C)(O)[C@@H](CCC(C)(C)O)OC)CC[C@@]34O)[C@@]2(C)C[C@@H]1O. The van der Waals surface area contributed by atoms with Gasteiger partial charge in [0, 0.05) is 25.6 Å². The number of hydrogen-bond donors (Lipinski definition) is 4. The van der Waals surface area contributed by atoms with Crippen molar-refractivity contribution in [1.29, 1.82) is 0 Å². The summed E-state index contributed by atoms with van der Waals surface area (Å²) in [6.45, 7) is 9.48. The molecule has 0 saturated heterocycles. The van der Waals surface area contributed by atoms with Crippen LogP contribution in [0.15, 0.2) is 11.6 Å². The summed E-state index contributed by atoms with van der Waals surface area (Å²) in [4.78, 5) is 13.5. The maximum absolute atomic E-state index is 13.5. The highest BCUT2D eigenvalue weighted by molar-refractivity contribution is 5.95. The minimum absolute atomic E-state index is 0.00263. The molecule has 4 aliphatic rings. The van der Waals surface area contributed by atoms with E-state index in [0.29, 0.717) is 44.9 Å². The molecule has 0 aromatic rings. The molecule has 7 nitrogen and oxygen atoms in total. The smallest absolute Gasteiger partial charge is 0.159 e. The minimum Gasteiger partial charge on any atom is -0.390 e. The minimum atomic E-state index is -1.22. The zero-order valence-corrected chi connectivity index (χ0v) is 23.2. The van der Waals surface area contributed by atoms with Crippen LogP contribution in [-0.4, -0.2) is 75.5 Å². The Morgan fingerprint density at radius 1 is 1.11 bits per heavy atom. The zero-order valence-electron chi connectivity index (χ0n) is 23.2. The molecule has 0 heterocycles. The Balaban J connectivity index is 1.67. The molecule has 4 aliphatic carbocycles. The zero-order chi connectivity index (χ0) is 26.9. The van der Waals surface area contributed by atoms with E-state index in [9.17, 15) is 25.2 Å². The predicted octanol–water partition coefficient (Wildman–Crippen LogP) is 3.16. The Hall–Kier alpha value is -0.830. The number of ether oxygens (including phenoxy) is 2. The summed E-state index contributed by atoms with van der Waals surface area (Å²) in [6, 6.07) is 0. The summed E-state index contributed by atoms with van der Waals surface area (Å²) in [6.07, 6.45) is 4.80. The highest BCUT2D eigenvalue weighted by Gasteiger charge is 2.69. The van der Waals surface area contributed by atoms with Gasteiger partial charge in [-0.3, -0.25) is 4.79 Å². The van der Waals surface area contributed by atoms with Crippen LogP contribution >= 0.6 is 0 Å². The summed E-state index contributed by atoms with van der Waals surface area (Å²) in [5.41, 5.74) is -3.55. The molecule has 0 aliphatic heterocycles. The second kappa shape index (κ2) is 9.13. The van der Waals surface area contributed by atoms with E-state index in [4.69, 9.17) is 9.47 Å². The van der Waals surface area contributed by atoms with Crippen molar-refractivity contribution in [3.05, 3.63) is 11.6 Å². The number of carbonyl (C=O) groups excluding carboxylic acids is 1. The van der Waals surface area contributed by atoms with E-state index in [1.54, 1.807) is 41.1 Å². The number of fused-ring (bicyclic) bond motifs is 5. The molecule has 3 fully saturated rings. The van der Waals surface area contributed by atoms with Crippen molar-refractivity contribution < 1.29 is 34.7 Å². The number of carbonyl (C=O) groups is 1. The van der Waals surface area contributed by atoms with Crippen LogP contribution in [0, 0.1) is 28.6 Å².